The van der Waals surface area contributed by atoms with Crippen LogP contribution in [0.25, 0.3) is 5.69 Å². The lowest BCUT2D eigenvalue weighted by Gasteiger charge is -2.26. The minimum atomic E-state index is -0.150. The molecule has 162 valence electrons. The van der Waals surface area contributed by atoms with Crippen LogP contribution < -0.4 is 10.00 Å². The molecule has 0 fully saturated rings. The van der Waals surface area contributed by atoms with Crippen LogP contribution in [0.4, 0.5) is 0 Å². The molecule has 8 heteroatoms. The van der Waals surface area contributed by atoms with Gasteiger partial charge in [0.25, 0.3) is 12.2 Å². The topological polar surface area (TPSA) is 74.6 Å². The van der Waals surface area contributed by atoms with Crippen LogP contribution in [-0.4, -0.2) is 27.5 Å². The van der Waals surface area contributed by atoms with E-state index < -0.39 is 0 Å². The lowest BCUT2D eigenvalue weighted by atomic mass is 9.86. The van der Waals surface area contributed by atoms with Gasteiger partial charge in [0, 0.05) is 27.6 Å². The van der Waals surface area contributed by atoms with Crippen molar-refractivity contribution in [1.82, 2.24) is 20.8 Å². The molecule has 1 heterocycles. The lowest BCUT2D eigenvalue weighted by molar-refractivity contribution is -0.660. The van der Waals surface area contributed by atoms with E-state index in [1.807, 2.05) is 67.6 Å². The summed E-state index contributed by atoms with van der Waals surface area (Å²) in [4.78, 5) is 13.1. The maximum atomic E-state index is 13.1. The molecule has 4 rings (SSSR count). The number of hydrogen-bond donors (Lipinski definition) is 2. The zero-order valence-electron chi connectivity index (χ0n) is 17.4. The number of amides is 1. The monoisotopic (exact) mass is 466 g/mol. The molecular weight excluding hydrogens is 445 g/mol. The smallest absolute Gasteiger partial charge is 0.293 e. The third-order valence-electron chi connectivity index (χ3n) is 5.39. The molecular formula is C24H22Cl2N5O+. The second-order valence-electron chi connectivity index (χ2n) is 7.60. The molecule has 0 aliphatic carbocycles. The lowest BCUT2D eigenvalue weighted by Crippen LogP contribution is -2.38. The molecule has 0 unspecified atom stereocenters. The van der Waals surface area contributed by atoms with Gasteiger partial charge in [-0.25, -0.2) is 0 Å². The van der Waals surface area contributed by atoms with Crippen molar-refractivity contribution in [2.24, 2.45) is 0 Å². The summed E-state index contributed by atoms with van der Waals surface area (Å²) in [5.41, 5.74) is 3.56. The van der Waals surface area contributed by atoms with Crippen LogP contribution in [0.2, 0.25) is 10.0 Å². The van der Waals surface area contributed by atoms with E-state index in [4.69, 9.17) is 23.2 Å². The van der Waals surface area contributed by atoms with Gasteiger partial charge in [-0.2, -0.15) is 0 Å². The zero-order chi connectivity index (χ0) is 22.5. The maximum absolute atomic E-state index is 13.1. The van der Waals surface area contributed by atoms with E-state index in [1.54, 1.807) is 23.1 Å². The van der Waals surface area contributed by atoms with Crippen molar-refractivity contribution < 1.29 is 9.48 Å². The fourth-order valence-electron chi connectivity index (χ4n) is 3.66. The Balaban J connectivity index is 1.55. The molecule has 0 aliphatic heterocycles. The Morgan fingerprint density at radius 3 is 2.38 bits per heavy atom. The van der Waals surface area contributed by atoms with Crippen molar-refractivity contribution in [2.45, 2.75) is 25.3 Å². The minimum absolute atomic E-state index is 0.0479. The van der Waals surface area contributed by atoms with Gasteiger partial charge < -0.3 is 5.32 Å². The summed E-state index contributed by atoms with van der Waals surface area (Å²) in [5.74, 6) is -0.103. The number of benzene rings is 3. The van der Waals surface area contributed by atoms with Crippen molar-refractivity contribution in [3.05, 3.63) is 106 Å². The highest BCUT2D eigenvalue weighted by Crippen LogP contribution is 2.27. The number of carbonyl (C=O) groups is 1. The van der Waals surface area contributed by atoms with Gasteiger partial charge in [-0.3, -0.25) is 4.79 Å². The molecule has 0 saturated carbocycles. The van der Waals surface area contributed by atoms with Gasteiger partial charge in [0.05, 0.1) is 0 Å². The standard InChI is InChI=1S/C24H21Cl2N5O/c1-16(28-24(32)19-3-2-4-22(14-19)31-15-27-29-30-31)23(18-7-11-21(26)12-8-18)13-17-5-9-20(25)10-6-17/h2-12,14-16,23H,13H2,1H3,(H,28,32)/p+1/t16-,23+/m1/s1. The molecule has 32 heavy (non-hydrogen) atoms. The van der Waals surface area contributed by atoms with E-state index in [0.717, 1.165) is 23.2 Å². The van der Waals surface area contributed by atoms with Gasteiger partial charge in [-0.05, 0) is 66.9 Å². The SMILES string of the molecule is C[C@@H](NC(=O)c1cccc(-[n+]2cnn[nH]2)c1)[C@H](Cc1ccc(Cl)cc1)c1ccc(Cl)cc1. The van der Waals surface area contributed by atoms with Crippen LogP contribution in [-0.2, 0) is 6.42 Å². The number of nitrogens with zero attached hydrogens (tertiary/aromatic N) is 3. The van der Waals surface area contributed by atoms with Crippen molar-refractivity contribution in [3.8, 4) is 5.69 Å². The van der Waals surface area contributed by atoms with Crippen LogP contribution in [0.5, 0.6) is 0 Å². The summed E-state index contributed by atoms with van der Waals surface area (Å²) < 4.78 is 1.64. The Morgan fingerprint density at radius 1 is 1.03 bits per heavy atom. The average molecular weight is 467 g/mol. The van der Waals surface area contributed by atoms with Crippen LogP contribution in [0.1, 0.15) is 34.3 Å². The number of aromatic nitrogens is 4. The summed E-state index contributed by atoms with van der Waals surface area (Å²) in [6.07, 6.45) is 2.29. The number of H-pyrrole nitrogens is 1. The molecule has 4 aromatic rings. The van der Waals surface area contributed by atoms with Gasteiger partial charge in [0.2, 0.25) is 0 Å². The van der Waals surface area contributed by atoms with Crippen LogP contribution in [0, 0.1) is 0 Å². The highest BCUT2D eigenvalue weighted by atomic mass is 35.5. The highest BCUT2D eigenvalue weighted by molar-refractivity contribution is 6.30. The third kappa shape index (κ3) is 5.33. The minimum Gasteiger partial charge on any atom is -0.349 e. The summed E-state index contributed by atoms with van der Waals surface area (Å²) in [5, 5.41) is 14.7. The molecule has 0 spiro atoms. The molecule has 0 radical (unpaired) electrons. The number of hydrogen-bond acceptors (Lipinski definition) is 3. The Hall–Kier alpha value is -3.22. The Bertz CT molecular complexity index is 1180. The fourth-order valence-corrected chi connectivity index (χ4v) is 3.91. The summed E-state index contributed by atoms with van der Waals surface area (Å²) in [6, 6.07) is 22.7. The van der Waals surface area contributed by atoms with Crippen LogP contribution in [0.15, 0.2) is 79.1 Å². The zero-order valence-corrected chi connectivity index (χ0v) is 18.9. The van der Waals surface area contributed by atoms with E-state index in [1.165, 1.54) is 0 Å². The normalized spacial score (nSPS) is 12.8. The summed E-state index contributed by atoms with van der Waals surface area (Å²) in [7, 11) is 0. The number of aromatic amines is 1. The first-order valence-corrected chi connectivity index (χ1v) is 10.9. The van der Waals surface area contributed by atoms with E-state index in [9.17, 15) is 4.79 Å². The summed E-state index contributed by atoms with van der Waals surface area (Å²) >= 11 is 12.1. The van der Waals surface area contributed by atoms with E-state index in [2.05, 4.69) is 20.8 Å². The first kappa shape index (κ1) is 22.0. The molecule has 1 aromatic heterocycles. The fraction of sp³-hybridized carbons (Fsp3) is 0.167. The first-order chi connectivity index (χ1) is 15.5. The van der Waals surface area contributed by atoms with Gasteiger partial charge >= 0.3 is 0 Å². The number of carbonyl (C=O) groups excluding carboxylic acids is 1. The van der Waals surface area contributed by atoms with Crippen molar-refractivity contribution in [2.75, 3.05) is 0 Å². The molecule has 6 nitrogen and oxygen atoms in total. The predicted octanol–water partition coefficient (Wildman–Crippen LogP) is 4.53. The molecule has 3 aromatic carbocycles. The van der Waals surface area contributed by atoms with Crippen molar-refractivity contribution in [1.29, 1.82) is 0 Å². The van der Waals surface area contributed by atoms with Gasteiger partial charge in [0.1, 0.15) is 10.8 Å². The Morgan fingerprint density at radius 2 is 1.72 bits per heavy atom. The molecule has 2 atom stereocenters. The third-order valence-corrected chi connectivity index (χ3v) is 5.90. The first-order valence-electron chi connectivity index (χ1n) is 10.2. The maximum Gasteiger partial charge on any atom is 0.293 e. The summed E-state index contributed by atoms with van der Waals surface area (Å²) in [6.45, 7) is 2.02. The van der Waals surface area contributed by atoms with Gasteiger partial charge in [-0.1, -0.05) is 58.7 Å². The van der Waals surface area contributed by atoms with Crippen LogP contribution in [0.3, 0.4) is 0 Å². The predicted molar refractivity (Wildman–Crippen MR) is 124 cm³/mol. The van der Waals surface area contributed by atoms with Crippen molar-refractivity contribution in [3.63, 3.8) is 0 Å². The highest BCUT2D eigenvalue weighted by Gasteiger charge is 2.23. The average Bonchev–Trinajstić information content (AvgIpc) is 3.34. The van der Waals surface area contributed by atoms with Crippen LogP contribution >= 0.6 is 23.2 Å². The molecule has 0 saturated heterocycles. The van der Waals surface area contributed by atoms with Crippen molar-refractivity contribution >= 4 is 29.1 Å². The molecule has 2 N–H and O–H groups in total. The van der Waals surface area contributed by atoms with Gasteiger partial charge in [0.15, 0.2) is 5.21 Å². The molecule has 0 bridgehead atoms. The number of rotatable bonds is 7. The Labute approximate surface area is 196 Å². The number of tetrazole rings is 1. The molecule has 0 aliphatic rings. The quantitative estimate of drug-likeness (QED) is 0.392. The van der Waals surface area contributed by atoms with E-state index in [0.29, 0.717) is 15.6 Å². The number of halogens is 2. The van der Waals surface area contributed by atoms with E-state index in [-0.39, 0.29) is 17.9 Å². The second kappa shape index (κ2) is 9.94. The largest absolute Gasteiger partial charge is 0.349 e. The van der Waals surface area contributed by atoms with Gasteiger partial charge in [-0.15, -0.1) is 4.68 Å². The number of nitrogens with one attached hydrogen (secondary N) is 2. The van der Waals surface area contributed by atoms with E-state index >= 15 is 0 Å². The Kier molecular flexibility index (Phi) is 6.83. The second-order valence-corrected chi connectivity index (χ2v) is 8.47. The molecule has 1 amide bonds.